The Morgan fingerprint density at radius 3 is 2.82 bits per heavy atom. The summed E-state index contributed by atoms with van der Waals surface area (Å²) in [6, 6.07) is 10.6. The van der Waals surface area contributed by atoms with Gasteiger partial charge in [-0.3, -0.25) is 0 Å². The smallest absolute Gasteiger partial charge is 0.0118 e. The van der Waals surface area contributed by atoms with E-state index in [1.165, 1.54) is 35.5 Å². The second-order valence-electron chi connectivity index (χ2n) is 4.62. The molecule has 0 fully saturated rings. The van der Waals surface area contributed by atoms with Crippen LogP contribution in [0.1, 0.15) is 32.6 Å². The lowest BCUT2D eigenvalue weighted by atomic mass is 9.91. The van der Waals surface area contributed by atoms with Crippen molar-refractivity contribution in [3.63, 3.8) is 0 Å². The van der Waals surface area contributed by atoms with Crippen molar-refractivity contribution >= 4 is 11.8 Å². The maximum Gasteiger partial charge on any atom is 0.0118 e. The lowest BCUT2D eigenvalue weighted by Crippen LogP contribution is -2.00. The second-order valence-corrected chi connectivity index (χ2v) is 5.94. The van der Waals surface area contributed by atoms with Gasteiger partial charge in [-0.05, 0) is 55.6 Å². The molecule has 0 radical (unpaired) electrons. The molecule has 1 aliphatic rings. The summed E-state index contributed by atoms with van der Waals surface area (Å²) in [5.41, 5.74) is 0. The van der Waals surface area contributed by atoms with Crippen molar-refractivity contribution in [3.05, 3.63) is 53.5 Å². The molecule has 17 heavy (non-hydrogen) atoms. The molecule has 0 saturated heterocycles. The van der Waals surface area contributed by atoms with Crippen LogP contribution in [0.5, 0.6) is 0 Å². The highest BCUT2D eigenvalue weighted by atomic mass is 32.2. The lowest BCUT2D eigenvalue weighted by Gasteiger charge is -2.15. The molecule has 0 heterocycles. The van der Waals surface area contributed by atoms with Crippen molar-refractivity contribution in [3.8, 4) is 0 Å². The third-order valence-electron chi connectivity index (χ3n) is 3.14. The van der Waals surface area contributed by atoms with Crippen LogP contribution in [0.2, 0.25) is 0 Å². The number of rotatable bonds is 4. The Labute approximate surface area is 109 Å². The first-order chi connectivity index (χ1) is 8.34. The topological polar surface area (TPSA) is 0 Å². The Morgan fingerprint density at radius 1 is 1.29 bits per heavy atom. The van der Waals surface area contributed by atoms with E-state index in [0.717, 1.165) is 5.92 Å². The van der Waals surface area contributed by atoms with Crippen LogP contribution < -0.4 is 0 Å². The zero-order valence-corrected chi connectivity index (χ0v) is 11.2. The van der Waals surface area contributed by atoms with Crippen LogP contribution in [0.4, 0.5) is 0 Å². The molecule has 1 aliphatic carbocycles. The van der Waals surface area contributed by atoms with Gasteiger partial charge >= 0.3 is 0 Å². The monoisotopic (exact) mass is 244 g/mol. The van der Waals surface area contributed by atoms with Crippen LogP contribution in [0.25, 0.3) is 0 Å². The molecule has 0 N–H and O–H groups in total. The van der Waals surface area contributed by atoms with Crippen LogP contribution in [0.3, 0.4) is 0 Å². The van der Waals surface area contributed by atoms with Crippen molar-refractivity contribution in [2.24, 2.45) is 5.92 Å². The van der Waals surface area contributed by atoms with Crippen molar-refractivity contribution in [1.82, 2.24) is 0 Å². The van der Waals surface area contributed by atoms with Crippen molar-refractivity contribution in [1.29, 1.82) is 0 Å². The van der Waals surface area contributed by atoms with Gasteiger partial charge in [0, 0.05) is 4.90 Å². The van der Waals surface area contributed by atoms with E-state index in [9.17, 15) is 0 Å². The minimum atomic E-state index is 0.867. The molecule has 1 aromatic rings. The average molecular weight is 244 g/mol. The number of allylic oxidation sites excluding steroid dienone is 4. The second kappa shape index (κ2) is 6.70. The number of thioether (sulfide) groups is 1. The minimum absolute atomic E-state index is 0.867. The first-order valence-electron chi connectivity index (χ1n) is 6.39. The third-order valence-corrected chi connectivity index (χ3v) is 4.13. The summed E-state index contributed by atoms with van der Waals surface area (Å²) < 4.78 is 0. The van der Waals surface area contributed by atoms with Crippen LogP contribution >= 0.6 is 11.8 Å². The van der Waals surface area contributed by atoms with Gasteiger partial charge in [-0.1, -0.05) is 48.2 Å². The van der Waals surface area contributed by atoms with Gasteiger partial charge in [0.05, 0.1) is 0 Å². The van der Waals surface area contributed by atoms with Crippen LogP contribution in [-0.4, -0.2) is 0 Å². The summed E-state index contributed by atoms with van der Waals surface area (Å²) in [5.74, 6) is 0.867. The molecule has 1 unspecified atom stereocenters. The Hall–Kier alpha value is -0.950. The maximum atomic E-state index is 2.40. The fraction of sp³-hybridized carbons (Fsp3) is 0.375. The molecule has 0 bridgehead atoms. The Bertz CT molecular complexity index is 389. The predicted octanol–water partition coefficient (Wildman–Crippen LogP) is 5.43. The van der Waals surface area contributed by atoms with Crippen LogP contribution in [0.15, 0.2) is 58.4 Å². The molecule has 1 atom stereocenters. The molecule has 1 heteroatoms. The molecule has 0 spiro atoms. The van der Waals surface area contributed by atoms with Crippen molar-refractivity contribution < 1.29 is 0 Å². The van der Waals surface area contributed by atoms with E-state index in [-0.39, 0.29) is 0 Å². The first kappa shape index (κ1) is 12.5. The first-order valence-corrected chi connectivity index (χ1v) is 7.21. The Kier molecular flexibility index (Phi) is 4.93. The largest absolute Gasteiger partial charge is 0.0952 e. The summed E-state index contributed by atoms with van der Waals surface area (Å²) >= 11 is 1.88. The molecule has 0 saturated carbocycles. The van der Waals surface area contributed by atoms with Crippen molar-refractivity contribution in [2.45, 2.75) is 37.5 Å². The summed E-state index contributed by atoms with van der Waals surface area (Å²) in [5, 5.41) is 0. The van der Waals surface area contributed by atoms with Gasteiger partial charge < -0.3 is 0 Å². The van der Waals surface area contributed by atoms with E-state index in [4.69, 9.17) is 0 Å². The van der Waals surface area contributed by atoms with Gasteiger partial charge in [0.25, 0.3) is 0 Å². The van der Waals surface area contributed by atoms with Gasteiger partial charge in [-0.15, -0.1) is 0 Å². The summed E-state index contributed by atoms with van der Waals surface area (Å²) in [4.78, 5) is 2.76. The van der Waals surface area contributed by atoms with Gasteiger partial charge in [-0.2, -0.15) is 0 Å². The van der Waals surface area contributed by atoms with E-state index in [1.54, 1.807) is 0 Å². The highest BCUT2D eigenvalue weighted by Crippen LogP contribution is 2.28. The molecule has 1 aromatic carbocycles. The number of hydrogen-bond donors (Lipinski definition) is 0. The fourth-order valence-corrected chi connectivity index (χ4v) is 2.96. The lowest BCUT2D eigenvalue weighted by molar-refractivity contribution is 0.485. The number of hydrogen-bond acceptors (Lipinski definition) is 1. The Morgan fingerprint density at radius 2 is 2.12 bits per heavy atom. The van der Waals surface area contributed by atoms with E-state index in [2.05, 4.69) is 55.5 Å². The normalized spacial score (nSPS) is 20.5. The molecule has 0 nitrogen and oxygen atoms in total. The minimum Gasteiger partial charge on any atom is -0.0952 e. The number of benzene rings is 1. The summed E-state index contributed by atoms with van der Waals surface area (Å²) in [6.07, 6.45) is 12.2. The van der Waals surface area contributed by atoms with Gasteiger partial charge in [0.2, 0.25) is 0 Å². The zero-order chi connectivity index (χ0) is 11.9. The van der Waals surface area contributed by atoms with Crippen LogP contribution in [-0.2, 0) is 0 Å². The predicted molar refractivity (Wildman–Crippen MR) is 77.2 cm³/mol. The van der Waals surface area contributed by atoms with Crippen LogP contribution in [0, 0.1) is 5.92 Å². The highest BCUT2D eigenvalue weighted by molar-refractivity contribution is 8.03. The molecule has 90 valence electrons. The summed E-state index contributed by atoms with van der Waals surface area (Å²) in [6.45, 7) is 2.22. The van der Waals surface area contributed by atoms with E-state index < -0.39 is 0 Å². The fourth-order valence-electron chi connectivity index (χ4n) is 2.12. The van der Waals surface area contributed by atoms with E-state index in [1.807, 2.05) is 11.8 Å². The zero-order valence-electron chi connectivity index (χ0n) is 10.4. The molecule has 0 aromatic heterocycles. The van der Waals surface area contributed by atoms with E-state index in [0.29, 0.717) is 0 Å². The quantitative estimate of drug-likeness (QED) is 0.503. The molecule has 0 amide bonds. The van der Waals surface area contributed by atoms with E-state index >= 15 is 0 Å². The van der Waals surface area contributed by atoms with Gasteiger partial charge in [-0.25, -0.2) is 0 Å². The summed E-state index contributed by atoms with van der Waals surface area (Å²) in [7, 11) is 0. The molecular formula is C16H20S. The molecule has 2 rings (SSSR count). The highest BCUT2D eigenvalue weighted by Gasteiger charge is 2.07. The van der Waals surface area contributed by atoms with Crippen molar-refractivity contribution in [2.75, 3.05) is 0 Å². The molecular weight excluding hydrogens is 224 g/mol. The van der Waals surface area contributed by atoms with Gasteiger partial charge in [0.15, 0.2) is 0 Å². The maximum absolute atomic E-state index is 2.40. The van der Waals surface area contributed by atoms with Gasteiger partial charge in [0.1, 0.15) is 0 Å². The standard InChI is InChI=1S/C16H20S/c1-14(17-16-10-6-3-7-11-16)12-13-15-8-4-2-5-9-15/h2-4,6-7,10-12,15H,5,8-9,13H2,1H3. The average Bonchev–Trinajstić information content (AvgIpc) is 2.39. The third kappa shape index (κ3) is 4.43. The Balaban J connectivity index is 1.83. The molecule has 0 aliphatic heterocycles. The SMILES string of the molecule is CC(=CCC1CC=CCC1)Sc1ccccc1.